The zero-order chi connectivity index (χ0) is 38.0. The molecule has 0 saturated heterocycles. The van der Waals surface area contributed by atoms with Gasteiger partial charge in [-0.2, -0.15) is 0 Å². The number of hydrogen-bond donors (Lipinski definition) is 0. The number of nitrogens with zero attached hydrogens (tertiary/aromatic N) is 4. The first-order valence-corrected chi connectivity index (χ1v) is 19.4. The summed E-state index contributed by atoms with van der Waals surface area (Å²) in [5.41, 5.74) is 16.6. The fraction of sp³-hybridized carbons (Fsp3) is 0.115. The van der Waals surface area contributed by atoms with E-state index in [0.29, 0.717) is 5.82 Å². The summed E-state index contributed by atoms with van der Waals surface area (Å²) in [5.74, 6) is 0.679. The maximum absolute atomic E-state index is 5.00. The summed E-state index contributed by atoms with van der Waals surface area (Å²) in [6.07, 6.45) is 6.10. The van der Waals surface area contributed by atoms with E-state index in [1.165, 1.54) is 44.8 Å². The van der Waals surface area contributed by atoms with Gasteiger partial charge in [-0.25, -0.2) is 9.97 Å². The Balaban J connectivity index is 0.979. The molecule has 0 unspecified atom stereocenters. The number of fused-ring (bicyclic) bond motifs is 6. The van der Waals surface area contributed by atoms with Gasteiger partial charge in [0.15, 0.2) is 5.82 Å². The Bertz CT molecular complexity index is 2820. The minimum Gasteiger partial charge on any atom is -0.310 e. The van der Waals surface area contributed by atoms with E-state index in [0.717, 1.165) is 39.2 Å². The van der Waals surface area contributed by atoms with E-state index in [9.17, 15) is 0 Å². The molecule has 4 heteroatoms. The number of hydrogen-bond acceptors (Lipinski definition) is 4. The molecule has 1 aliphatic carbocycles. The minimum atomic E-state index is -0.174. The van der Waals surface area contributed by atoms with Crippen molar-refractivity contribution in [3.05, 3.63) is 204 Å². The molecule has 56 heavy (non-hydrogen) atoms. The molecule has 0 N–H and O–H groups in total. The molecule has 0 saturated carbocycles. The maximum Gasteiger partial charge on any atom is 0.152 e. The Morgan fingerprint density at radius 3 is 1.96 bits per heavy atom. The van der Waals surface area contributed by atoms with Crippen LogP contribution >= 0.6 is 0 Å². The van der Waals surface area contributed by atoms with E-state index in [-0.39, 0.29) is 10.8 Å². The smallest absolute Gasteiger partial charge is 0.152 e. The van der Waals surface area contributed by atoms with E-state index < -0.39 is 0 Å². The SMILES string of the molecule is CC1(C)c2ccccc2-c2ccc(N(c3ccccc3)c3ccc4nc(/C=C/c5ccc6c(c5)C(C)(C)c5ccccc5N6c5ccccc5)ncc4c3)cc21. The van der Waals surface area contributed by atoms with Crippen LogP contribution in [0.15, 0.2) is 170 Å². The molecule has 0 radical (unpaired) electrons. The standard InChI is InChI=1S/C52H42N4/c1-51(2)43-20-12-11-19-41(43)42-27-25-40(33-45(42)51)55(37-15-7-5-8-16-37)39-26-28-47-36(32-39)34-53-50(54-47)30-24-35-23-29-49-46(31-35)52(3,4)44-21-13-14-22-48(44)56(49)38-17-9-6-10-18-38/h5-34H,1-4H3/b30-24+. The quantitative estimate of drug-likeness (QED) is 0.171. The molecule has 0 amide bonds. The summed E-state index contributed by atoms with van der Waals surface area (Å²) in [6, 6.07) is 59.0. The molecular formula is C52H42N4. The van der Waals surface area contributed by atoms with Crippen molar-refractivity contribution in [2.45, 2.75) is 38.5 Å². The van der Waals surface area contributed by atoms with Gasteiger partial charge in [-0.3, -0.25) is 0 Å². The monoisotopic (exact) mass is 722 g/mol. The van der Waals surface area contributed by atoms with Crippen molar-refractivity contribution in [1.82, 2.24) is 9.97 Å². The van der Waals surface area contributed by atoms with Crippen molar-refractivity contribution in [3.8, 4) is 11.1 Å². The van der Waals surface area contributed by atoms with E-state index in [1.54, 1.807) is 0 Å². The summed E-state index contributed by atoms with van der Waals surface area (Å²) in [4.78, 5) is 14.5. The van der Waals surface area contributed by atoms with Crippen molar-refractivity contribution >= 4 is 57.2 Å². The van der Waals surface area contributed by atoms with Crippen LogP contribution in [0.4, 0.5) is 34.1 Å². The zero-order valence-electron chi connectivity index (χ0n) is 32.1. The Hall–Kier alpha value is -6.78. The number of aromatic nitrogens is 2. The lowest BCUT2D eigenvalue weighted by Crippen LogP contribution is -2.30. The van der Waals surface area contributed by atoms with Crippen LogP contribution in [0.5, 0.6) is 0 Å². The molecule has 2 heterocycles. The van der Waals surface area contributed by atoms with Gasteiger partial charge in [0, 0.05) is 45.2 Å². The van der Waals surface area contributed by atoms with E-state index >= 15 is 0 Å². The zero-order valence-corrected chi connectivity index (χ0v) is 32.1. The molecule has 1 aliphatic heterocycles. The van der Waals surface area contributed by atoms with Gasteiger partial charge in [-0.1, -0.05) is 125 Å². The summed E-state index contributed by atoms with van der Waals surface area (Å²) >= 11 is 0. The van der Waals surface area contributed by atoms with Crippen LogP contribution in [0.3, 0.4) is 0 Å². The number of benzene rings is 7. The van der Waals surface area contributed by atoms with Crippen LogP contribution in [0.2, 0.25) is 0 Å². The number of anilines is 6. The third-order valence-electron chi connectivity index (χ3n) is 11.9. The molecule has 2 aliphatic rings. The first-order valence-electron chi connectivity index (χ1n) is 19.4. The molecule has 1 aromatic heterocycles. The van der Waals surface area contributed by atoms with Gasteiger partial charge < -0.3 is 9.80 Å². The predicted octanol–water partition coefficient (Wildman–Crippen LogP) is 13.7. The molecule has 10 rings (SSSR count). The molecule has 7 aromatic carbocycles. The number of para-hydroxylation sites is 3. The van der Waals surface area contributed by atoms with Crippen LogP contribution in [0.1, 0.15) is 61.3 Å². The average molecular weight is 723 g/mol. The highest BCUT2D eigenvalue weighted by molar-refractivity contribution is 5.90. The summed E-state index contributed by atoms with van der Waals surface area (Å²) in [7, 11) is 0. The molecule has 0 spiro atoms. The first kappa shape index (κ1) is 33.8. The maximum atomic E-state index is 5.00. The lowest BCUT2D eigenvalue weighted by molar-refractivity contribution is 0.631. The second-order valence-corrected chi connectivity index (χ2v) is 16.0. The van der Waals surface area contributed by atoms with E-state index in [2.05, 4.69) is 207 Å². The molecule has 0 bridgehead atoms. The van der Waals surface area contributed by atoms with Gasteiger partial charge in [0.2, 0.25) is 0 Å². The van der Waals surface area contributed by atoms with Crippen molar-refractivity contribution in [2.24, 2.45) is 0 Å². The largest absolute Gasteiger partial charge is 0.310 e. The summed E-state index contributed by atoms with van der Waals surface area (Å²) < 4.78 is 0. The molecule has 8 aromatic rings. The van der Waals surface area contributed by atoms with Crippen molar-refractivity contribution in [1.29, 1.82) is 0 Å². The van der Waals surface area contributed by atoms with Crippen LogP contribution < -0.4 is 9.80 Å². The van der Waals surface area contributed by atoms with Gasteiger partial charge in [0.25, 0.3) is 0 Å². The Kier molecular flexibility index (Phi) is 7.79. The topological polar surface area (TPSA) is 32.3 Å². The van der Waals surface area contributed by atoms with Gasteiger partial charge in [-0.15, -0.1) is 0 Å². The Morgan fingerprint density at radius 2 is 1.14 bits per heavy atom. The Morgan fingerprint density at radius 1 is 0.500 bits per heavy atom. The molecular weight excluding hydrogens is 681 g/mol. The van der Waals surface area contributed by atoms with Crippen LogP contribution in [0, 0.1) is 0 Å². The third kappa shape index (κ3) is 5.44. The fourth-order valence-electron chi connectivity index (χ4n) is 8.96. The second kappa shape index (κ2) is 12.9. The molecule has 0 atom stereocenters. The normalized spacial score (nSPS) is 14.6. The average Bonchev–Trinajstić information content (AvgIpc) is 3.46. The van der Waals surface area contributed by atoms with Crippen LogP contribution in [-0.2, 0) is 10.8 Å². The predicted molar refractivity (Wildman–Crippen MR) is 234 cm³/mol. The van der Waals surface area contributed by atoms with Gasteiger partial charge >= 0.3 is 0 Å². The highest BCUT2D eigenvalue weighted by Gasteiger charge is 2.37. The second-order valence-electron chi connectivity index (χ2n) is 16.0. The van der Waals surface area contributed by atoms with Crippen molar-refractivity contribution in [2.75, 3.05) is 9.80 Å². The van der Waals surface area contributed by atoms with Crippen molar-refractivity contribution in [3.63, 3.8) is 0 Å². The highest BCUT2D eigenvalue weighted by atomic mass is 15.2. The third-order valence-corrected chi connectivity index (χ3v) is 11.9. The molecule has 0 fully saturated rings. The van der Waals surface area contributed by atoms with Crippen LogP contribution in [0.25, 0.3) is 34.2 Å². The van der Waals surface area contributed by atoms with E-state index in [1.807, 2.05) is 12.3 Å². The Labute approximate surface area is 329 Å². The first-order chi connectivity index (χ1) is 27.3. The lowest BCUT2D eigenvalue weighted by atomic mass is 9.73. The van der Waals surface area contributed by atoms with Gasteiger partial charge in [0.1, 0.15) is 0 Å². The van der Waals surface area contributed by atoms with E-state index in [4.69, 9.17) is 9.97 Å². The highest BCUT2D eigenvalue weighted by Crippen LogP contribution is 2.53. The number of rotatable bonds is 6. The summed E-state index contributed by atoms with van der Waals surface area (Å²) in [5, 5.41) is 0.990. The van der Waals surface area contributed by atoms with Gasteiger partial charge in [-0.05, 0) is 118 Å². The van der Waals surface area contributed by atoms with Crippen LogP contribution in [-0.4, -0.2) is 9.97 Å². The molecule has 4 nitrogen and oxygen atoms in total. The fourth-order valence-corrected chi connectivity index (χ4v) is 8.96. The minimum absolute atomic E-state index is 0.0886. The lowest BCUT2D eigenvalue weighted by Gasteiger charge is -2.42. The van der Waals surface area contributed by atoms with Crippen molar-refractivity contribution < 1.29 is 0 Å². The van der Waals surface area contributed by atoms with Gasteiger partial charge in [0.05, 0.1) is 16.9 Å². The summed E-state index contributed by atoms with van der Waals surface area (Å²) in [6.45, 7) is 9.31. The molecule has 270 valence electrons.